The molecule has 1 atom stereocenters. The molecule has 0 aromatic carbocycles. The maximum Gasteiger partial charge on any atom is 0.223 e. The monoisotopic (exact) mass is 214 g/mol. The van der Waals surface area contributed by atoms with Crippen molar-refractivity contribution in [3.8, 4) is 0 Å². The van der Waals surface area contributed by atoms with Gasteiger partial charge in [-0.3, -0.25) is 4.79 Å². The van der Waals surface area contributed by atoms with E-state index in [1.54, 1.807) is 0 Å². The van der Waals surface area contributed by atoms with Gasteiger partial charge >= 0.3 is 0 Å². The Morgan fingerprint density at radius 1 is 1.27 bits per heavy atom. The van der Waals surface area contributed by atoms with E-state index in [9.17, 15) is 4.79 Å². The molecule has 1 unspecified atom stereocenters. The van der Waals surface area contributed by atoms with Crippen molar-refractivity contribution in [3.63, 3.8) is 0 Å². The normalized spacial score (nSPS) is 13.7. The molecule has 3 heteroatoms. The van der Waals surface area contributed by atoms with Crippen LogP contribution < -0.4 is 11.1 Å². The number of carbonyl (C=O) groups excluding carboxylic acids is 1. The number of hydrogen-bond acceptors (Lipinski definition) is 2. The molecule has 0 saturated heterocycles. The molecule has 0 aromatic rings. The molecule has 0 fully saturated rings. The second kappa shape index (κ2) is 6.83. The van der Waals surface area contributed by atoms with Gasteiger partial charge in [-0.2, -0.15) is 0 Å². The van der Waals surface area contributed by atoms with Gasteiger partial charge in [0.25, 0.3) is 0 Å². The highest BCUT2D eigenvalue weighted by Crippen LogP contribution is 2.20. The van der Waals surface area contributed by atoms with Gasteiger partial charge in [0.05, 0.1) is 0 Å². The van der Waals surface area contributed by atoms with Crippen molar-refractivity contribution in [1.29, 1.82) is 0 Å². The minimum absolute atomic E-state index is 0.0139. The first kappa shape index (κ1) is 14.4. The fourth-order valence-corrected chi connectivity index (χ4v) is 1.78. The second-order valence-corrected chi connectivity index (χ2v) is 4.31. The van der Waals surface area contributed by atoms with Crippen LogP contribution in [0.25, 0.3) is 0 Å². The summed E-state index contributed by atoms with van der Waals surface area (Å²) in [6, 6.07) is 0. The van der Waals surface area contributed by atoms with Crippen molar-refractivity contribution in [2.75, 3.05) is 6.54 Å². The lowest BCUT2D eigenvalue weighted by atomic mass is 9.89. The first-order valence-corrected chi connectivity index (χ1v) is 6.07. The quantitative estimate of drug-likeness (QED) is 0.681. The van der Waals surface area contributed by atoms with E-state index < -0.39 is 0 Å². The summed E-state index contributed by atoms with van der Waals surface area (Å²) < 4.78 is 0. The van der Waals surface area contributed by atoms with Crippen LogP contribution in [0.4, 0.5) is 0 Å². The zero-order valence-corrected chi connectivity index (χ0v) is 10.6. The van der Waals surface area contributed by atoms with Crippen LogP contribution in [0.2, 0.25) is 0 Å². The Morgan fingerprint density at radius 3 is 2.07 bits per heavy atom. The lowest BCUT2D eigenvalue weighted by Crippen LogP contribution is -2.49. The van der Waals surface area contributed by atoms with Crippen molar-refractivity contribution in [2.45, 2.75) is 58.9 Å². The molecule has 0 rings (SSSR count). The van der Waals surface area contributed by atoms with Crippen molar-refractivity contribution in [2.24, 2.45) is 11.7 Å². The molecule has 90 valence electrons. The Kier molecular flexibility index (Phi) is 6.57. The first-order valence-electron chi connectivity index (χ1n) is 6.07. The summed E-state index contributed by atoms with van der Waals surface area (Å²) in [6.07, 6.45) is 3.72. The molecule has 1 amide bonds. The topological polar surface area (TPSA) is 55.1 Å². The summed E-state index contributed by atoms with van der Waals surface area (Å²) in [5, 5.41) is 3.17. The Morgan fingerprint density at radius 2 is 1.73 bits per heavy atom. The van der Waals surface area contributed by atoms with E-state index >= 15 is 0 Å². The maximum atomic E-state index is 11.9. The molecular weight excluding hydrogens is 188 g/mol. The van der Waals surface area contributed by atoms with Gasteiger partial charge < -0.3 is 11.1 Å². The van der Waals surface area contributed by atoms with Gasteiger partial charge in [0.2, 0.25) is 5.91 Å². The number of hydrogen-bond donors (Lipinski definition) is 2. The molecular formula is C12H26N2O. The van der Waals surface area contributed by atoms with Crippen LogP contribution in [0.15, 0.2) is 0 Å². The average molecular weight is 214 g/mol. The lowest BCUT2D eigenvalue weighted by Gasteiger charge is -2.33. The van der Waals surface area contributed by atoms with Crippen molar-refractivity contribution in [1.82, 2.24) is 5.32 Å². The van der Waals surface area contributed by atoms with Crippen LogP contribution in [0.1, 0.15) is 53.4 Å². The van der Waals surface area contributed by atoms with Crippen molar-refractivity contribution in [3.05, 3.63) is 0 Å². The molecule has 15 heavy (non-hydrogen) atoms. The van der Waals surface area contributed by atoms with E-state index in [0.29, 0.717) is 6.54 Å². The van der Waals surface area contributed by atoms with Crippen LogP contribution >= 0.6 is 0 Å². The smallest absolute Gasteiger partial charge is 0.223 e. The number of amides is 1. The Balaban J connectivity index is 4.34. The molecule has 0 radical (unpaired) electrons. The molecule has 3 N–H and O–H groups in total. The number of nitrogens with one attached hydrogen (secondary N) is 1. The Bertz CT molecular complexity index is 180. The lowest BCUT2D eigenvalue weighted by molar-refractivity contribution is -0.126. The van der Waals surface area contributed by atoms with Crippen molar-refractivity contribution >= 4 is 5.91 Å². The summed E-state index contributed by atoms with van der Waals surface area (Å²) >= 11 is 0. The van der Waals surface area contributed by atoms with E-state index in [0.717, 1.165) is 25.7 Å². The predicted octanol–water partition coefficient (Wildman–Crippen LogP) is 2.06. The summed E-state index contributed by atoms with van der Waals surface area (Å²) in [7, 11) is 0. The summed E-state index contributed by atoms with van der Waals surface area (Å²) in [5.74, 6) is 0.171. The van der Waals surface area contributed by atoms with Gasteiger partial charge in [-0.05, 0) is 32.2 Å². The molecule has 0 spiro atoms. The third-order valence-corrected chi connectivity index (χ3v) is 3.47. The summed E-state index contributed by atoms with van der Waals surface area (Å²) in [5.41, 5.74) is 5.43. The van der Waals surface area contributed by atoms with Gasteiger partial charge in [0.15, 0.2) is 0 Å². The minimum atomic E-state index is -0.0139. The number of rotatable bonds is 7. The van der Waals surface area contributed by atoms with E-state index in [1.165, 1.54) is 0 Å². The van der Waals surface area contributed by atoms with Crippen LogP contribution in [0, 0.1) is 5.92 Å². The summed E-state index contributed by atoms with van der Waals surface area (Å²) in [4.78, 5) is 11.9. The zero-order valence-electron chi connectivity index (χ0n) is 10.6. The molecule has 0 bridgehead atoms. The van der Waals surface area contributed by atoms with Crippen LogP contribution in [0.3, 0.4) is 0 Å². The van der Waals surface area contributed by atoms with Gasteiger partial charge in [-0.1, -0.05) is 27.7 Å². The molecule has 0 aliphatic rings. The fraction of sp³-hybridized carbons (Fsp3) is 0.917. The molecule has 0 heterocycles. The van der Waals surface area contributed by atoms with Gasteiger partial charge in [-0.25, -0.2) is 0 Å². The Labute approximate surface area is 93.8 Å². The largest absolute Gasteiger partial charge is 0.350 e. The van der Waals surface area contributed by atoms with E-state index in [1.807, 2.05) is 6.92 Å². The molecule has 0 saturated carbocycles. The molecule has 0 aliphatic carbocycles. The predicted molar refractivity (Wildman–Crippen MR) is 64.6 cm³/mol. The standard InChI is InChI=1S/C12H26N2O/c1-5-12(6-2,7-3)14-11(15)10(4)8-9-13/h10H,5-9,13H2,1-4H3,(H,14,15). The third kappa shape index (κ3) is 4.20. The molecule has 0 aliphatic heterocycles. The zero-order chi connectivity index (χ0) is 11.9. The van der Waals surface area contributed by atoms with Gasteiger partial charge in [0.1, 0.15) is 0 Å². The Hall–Kier alpha value is -0.570. The van der Waals surface area contributed by atoms with E-state index in [-0.39, 0.29) is 17.4 Å². The molecule has 3 nitrogen and oxygen atoms in total. The number of nitrogens with two attached hydrogens (primary N) is 1. The number of carbonyl (C=O) groups is 1. The third-order valence-electron chi connectivity index (χ3n) is 3.47. The van der Waals surface area contributed by atoms with E-state index in [2.05, 4.69) is 26.1 Å². The first-order chi connectivity index (χ1) is 7.05. The fourth-order valence-electron chi connectivity index (χ4n) is 1.78. The minimum Gasteiger partial charge on any atom is -0.350 e. The molecule has 0 aromatic heterocycles. The van der Waals surface area contributed by atoms with E-state index in [4.69, 9.17) is 5.73 Å². The van der Waals surface area contributed by atoms with Crippen LogP contribution in [-0.2, 0) is 4.79 Å². The van der Waals surface area contributed by atoms with Crippen LogP contribution in [-0.4, -0.2) is 18.0 Å². The van der Waals surface area contributed by atoms with Crippen LogP contribution in [0.5, 0.6) is 0 Å². The maximum absolute atomic E-state index is 11.9. The highest BCUT2D eigenvalue weighted by atomic mass is 16.2. The van der Waals surface area contributed by atoms with Gasteiger partial charge in [-0.15, -0.1) is 0 Å². The highest BCUT2D eigenvalue weighted by molar-refractivity contribution is 5.79. The average Bonchev–Trinajstić information content (AvgIpc) is 2.26. The summed E-state index contributed by atoms with van der Waals surface area (Å²) in [6.45, 7) is 8.89. The SMILES string of the molecule is CCC(CC)(CC)NC(=O)C(C)CCN. The van der Waals surface area contributed by atoms with Gasteiger partial charge in [0, 0.05) is 11.5 Å². The highest BCUT2D eigenvalue weighted by Gasteiger charge is 2.27. The second-order valence-electron chi connectivity index (χ2n) is 4.31. The van der Waals surface area contributed by atoms with Crippen molar-refractivity contribution < 1.29 is 4.79 Å².